The fraction of sp³-hybridized carbons (Fsp3) is 0.615. The average Bonchev–Trinajstić information content (AvgIpc) is 2.65. The summed E-state index contributed by atoms with van der Waals surface area (Å²) in [7, 11) is 0. The Morgan fingerprint density at radius 2 is 2.13 bits per heavy atom. The number of nitrogens with zero attached hydrogens (tertiary/aromatic N) is 1. The highest BCUT2D eigenvalue weighted by atomic mass is 32.1. The van der Waals surface area contributed by atoms with Gasteiger partial charge in [-0.05, 0) is 35.8 Å². The van der Waals surface area contributed by atoms with Crippen molar-refractivity contribution < 1.29 is 0 Å². The molecule has 0 fully saturated rings. The van der Waals surface area contributed by atoms with Gasteiger partial charge in [0.2, 0.25) is 0 Å². The summed E-state index contributed by atoms with van der Waals surface area (Å²) >= 11 is 1.56. The molecule has 0 amide bonds. The maximum atomic E-state index is 8.68. The third-order valence-electron chi connectivity index (χ3n) is 2.51. The first-order chi connectivity index (χ1) is 7.22. The number of rotatable bonds is 6. The fourth-order valence-electron chi connectivity index (χ4n) is 1.62. The molecule has 0 aliphatic heterocycles. The van der Waals surface area contributed by atoms with Gasteiger partial charge in [-0.3, -0.25) is 0 Å². The van der Waals surface area contributed by atoms with E-state index >= 15 is 0 Å². The first-order valence-corrected chi connectivity index (χ1v) is 6.58. The quantitative estimate of drug-likeness (QED) is 0.654. The summed E-state index contributed by atoms with van der Waals surface area (Å²) in [5.41, 5.74) is 1.33. The molecule has 1 nitrogen and oxygen atoms in total. The molecule has 0 spiro atoms. The van der Waals surface area contributed by atoms with Crippen molar-refractivity contribution in [2.24, 2.45) is 5.92 Å². The lowest BCUT2D eigenvalue weighted by Crippen LogP contribution is -1.88. The van der Waals surface area contributed by atoms with E-state index in [0.717, 1.165) is 17.2 Å². The molecule has 0 N–H and O–H groups in total. The predicted molar refractivity (Wildman–Crippen MR) is 66.0 cm³/mol. The van der Waals surface area contributed by atoms with E-state index < -0.39 is 0 Å². The summed E-state index contributed by atoms with van der Waals surface area (Å²) in [6, 6.07) is 4.20. The average molecular weight is 221 g/mol. The van der Waals surface area contributed by atoms with Crippen molar-refractivity contribution in [2.45, 2.75) is 46.0 Å². The van der Waals surface area contributed by atoms with E-state index in [1.165, 1.54) is 31.2 Å². The number of nitriles is 1. The van der Waals surface area contributed by atoms with Crippen LogP contribution in [0.4, 0.5) is 0 Å². The Labute approximate surface area is 96.7 Å². The third kappa shape index (κ3) is 4.99. The zero-order chi connectivity index (χ0) is 11.1. The van der Waals surface area contributed by atoms with Crippen molar-refractivity contribution in [1.29, 1.82) is 5.26 Å². The molecule has 0 saturated heterocycles. The van der Waals surface area contributed by atoms with E-state index in [2.05, 4.69) is 25.3 Å². The molecule has 82 valence electrons. The Hall–Kier alpha value is -0.810. The van der Waals surface area contributed by atoms with Crippen LogP contribution in [0.1, 0.15) is 50.0 Å². The smallest absolute Gasteiger partial charge is 0.110 e. The number of hydrogen-bond donors (Lipinski definition) is 0. The van der Waals surface area contributed by atoms with Crippen molar-refractivity contribution in [1.82, 2.24) is 0 Å². The maximum Gasteiger partial charge on any atom is 0.110 e. The number of unbranched alkanes of at least 4 members (excludes halogenated alkanes) is 2. The summed E-state index contributed by atoms with van der Waals surface area (Å²) in [6.45, 7) is 4.55. The molecule has 0 aromatic carbocycles. The first-order valence-electron chi connectivity index (χ1n) is 5.70. The number of aryl methyl sites for hydroxylation is 1. The van der Waals surface area contributed by atoms with Gasteiger partial charge in [0.1, 0.15) is 10.9 Å². The molecule has 15 heavy (non-hydrogen) atoms. The minimum absolute atomic E-state index is 0.830. The SMILES string of the molecule is CC(C)CCCCCc1csc(C#N)c1. The highest BCUT2D eigenvalue weighted by Crippen LogP contribution is 2.16. The van der Waals surface area contributed by atoms with E-state index in [0.29, 0.717) is 0 Å². The van der Waals surface area contributed by atoms with E-state index in [-0.39, 0.29) is 0 Å². The Bertz CT molecular complexity index is 320. The van der Waals surface area contributed by atoms with Crippen LogP contribution in [0, 0.1) is 17.2 Å². The van der Waals surface area contributed by atoms with Gasteiger partial charge in [-0.15, -0.1) is 11.3 Å². The van der Waals surface area contributed by atoms with Crippen LogP contribution in [0.2, 0.25) is 0 Å². The van der Waals surface area contributed by atoms with E-state index in [4.69, 9.17) is 5.26 Å². The van der Waals surface area contributed by atoms with Crippen molar-refractivity contribution in [3.8, 4) is 6.07 Å². The van der Waals surface area contributed by atoms with Crippen LogP contribution in [0.25, 0.3) is 0 Å². The summed E-state index contributed by atoms with van der Waals surface area (Å²) in [5, 5.41) is 10.8. The zero-order valence-electron chi connectivity index (χ0n) is 9.62. The molecule has 0 unspecified atom stereocenters. The molecule has 0 aliphatic carbocycles. The molecule has 1 heterocycles. The minimum Gasteiger partial charge on any atom is -0.192 e. The number of hydrogen-bond acceptors (Lipinski definition) is 2. The monoisotopic (exact) mass is 221 g/mol. The van der Waals surface area contributed by atoms with Crippen LogP contribution in [-0.2, 0) is 6.42 Å². The van der Waals surface area contributed by atoms with E-state index in [1.54, 1.807) is 11.3 Å². The molecule has 0 radical (unpaired) electrons. The molecular formula is C13H19NS. The largest absolute Gasteiger partial charge is 0.192 e. The van der Waals surface area contributed by atoms with Gasteiger partial charge in [-0.25, -0.2) is 0 Å². The topological polar surface area (TPSA) is 23.8 Å². The Morgan fingerprint density at radius 1 is 1.33 bits per heavy atom. The second-order valence-corrected chi connectivity index (χ2v) is 5.34. The molecule has 0 atom stereocenters. The van der Waals surface area contributed by atoms with Gasteiger partial charge in [0, 0.05) is 0 Å². The molecule has 1 rings (SSSR count). The molecular weight excluding hydrogens is 202 g/mol. The molecule has 0 aliphatic rings. The summed E-state index contributed by atoms with van der Waals surface area (Å²) in [4.78, 5) is 0.840. The highest BCUT2D eigenvalue weighted by Gasteiger charge is 1.99. The van der Waals surface area contributed by atoms with Crippen LogP contribution in [0.5, 0.6) is 0 Å². The van der Waals surface area contributed by atoms with Crippen molar-refractivity contribution >= 4 is 11.3 Å². The molecule has 0 saturated carbocycles. The fourth-order valence-corrected chi connectivity index (χ4v) is 2.36. The van der Waals surface area contributed by atoms with Crippen molar-refractivity contribution in [2.75, 3.05) is 0 Å². The van der Waals surface area contributed by atoms with Crippen LogP contribution < -0.4 is 0 Å². The molecule has 1 aromatic heterocycles. The van der Waals surface area contributed by atoms with Crippen LogP contribution in [0.15, 0.2) is 11.4 Å². The lowest BCUT2D eigenvalue weighted by atomic mass is 10.0. The summed E-state index contributed by atoms with van der Waals surface area (Å²) in [5.74, 6) is 0.830. The zero-order valence-corrected chi connectivity index (χ0v) is 10.4. The molecule has 1 aromatic rings. The summed E-state index contributed by atoms with van der Waals surface area (Å²) in [6.07, 6.45) is 6.39. The molecule has 0 bridgehead atoms. The second-order valence-electron chi connectivity index (χ2n) is 4.42. The van der Waals surface area contributed by atoms with Gasteiger partial charge in [0.05, 0.1) is 0 Å². The minimum atomic E-state index is 0.830. The highest BCUT2D eigenvalue weighted by molar-refractivity contribution is 7.10. The van der Waals surface area contributed by atoms with Crippen molar-refractivity contribution in [3.63, 3.8) is 0 Å². The maximum absolute atomic E-state index is 8.68. The Morgan fingerprint density at radius 3 is 2.73 bits per heavy atom. The lowest BCUT2D eigenvalue weighted by molar-refractivity contribution is 0.527. The van der Waals surface area contributed by atoms with Gasteiger partial charge >= 0.3 is 0 Å². The van der Waals surface area contributed by atoms with Crippen molar-refractivity contribution in [3.05, 3.63) is 21.9 Å². The van der Waals surface area contributed by atoms with Crippen LogP contribution >= 0.6 is 11.3 Å². The van der Waals surface area contributed by atoms with E-state index in [9.17, 15) is 0 Å². The third-order valence-corrected chi connectivity index (χ3v) is 3.39. The van der Waals surface area contributed by atoms with Crippen LogP contribution in [0.3, 0.4) is 0 Å². The van der Waals surface area contributed by atoms with Gasteiger partial charge < -0.3 is 0 Å². The lowest BCUT2D eigenvalue weighted by Gasteiger charge is -2.03. The Balaban J connectivity index is 2.13. The van der Waals surface area contributed by atoms with Gasteiger partial charge in [-0.2, -0.15) is 5.26 Å². The predicted octanol–water partition coefficient (Wildman–Crippen LogP) is 4.38. The Kier molecular flexibility index (Phi) is 5.42. The standard InChI is InChI=1S/C13H19NS/c1-11(2)6-4-3-5-7-12-8-13(9-14)15-10-12/h8,10-11H,3-7H2,1-2H3. The number of thiophene rings is 1. The van der Waals surface area contributed by atoms with Gasteiger partial charge in [0.25, 0.3) is 0 Å². The van der Waals surface area contributed by atoms with Gasteiger partial charge in [0.15, 0.2) is 0 Å². The summed E-state index contributed by atoms with van der Waals surface area (Å²) < 4.78 is 0. The van der Waals surface area contributed by atoms with E-state index in [1.807, 2.05) is 6.07 Å². The first kappa shape index (κ1) is 12.3. The van der Waals surface area contributed by atoms with Crippen LogP contribution in [-0.4, -0.2) is 0 Å². The molecule has 2 heteroatoms. The second kappa shape index (κ2) is 6.63. The normalized spacial score (nSPS) is 10.5. The van der Waals surface area contributed by atoms with Gasteiger partial charge in [-0.1, -0.05) is 33.1 Å².